The van der Waals surface area contributed by atoms with Crippen molar-refractivity contribution in [3.05, 3.63) is 81.6 Å². The SMILES string of the molecule is O=C(NC1CCC(Cn2c(=O)n(-c3ccc(NC(=O)C4CC4)nc3)c3ccccc32)CC1)c1cc(Cl)cnc1C(F)F. The number of halogens is 3. The van der Waals surface area contributed by atoms with E-state index in [1.807, 2.05) is 24.3 Å². The van der Waals surface area contributed by atoms with Crippen LogP contribution in [-0.2, 0) is 11.3 Å². The third-order valence-electron chi connectivity index (χ3n) is 8.00. The van der Waals surface area contributed by atoms with E-state index in [0.29, 0.717) is 30.9 Å². The zero-order valence-electron chi connectivity index (χ0n) is 22.6. The molecule has 218 valence electrons. The first kappa shape index (κ1) is 28.0. The minimum atomic E-state index is -2.89. The quantitative estimate of drug-likeness (QED) is 0.279. The number of amides is 2. The Hall–Kier alpha value is -4.12. The normalized spacial score (nSPS) is 18.8. The Balaban J connectivity index is 1.14. The van der Waals surface area contributed by atoms with E-state index in [1.54, 1.807) is 27.5 Å². The van der Waals surface area contributed by atoms with Gasteiger partial charge in [-0.15, -0.1) is 0 Å². The zero-order valence-corrected chi connectivity index (χ0v) is 23.4. The summed E-state index contributed by atoms with van der Waals surface area (Å²) in [6, 6.07) is 12.1. The molecule has 6 rings (SSSR count). The van der Waals surface area contributed by atoms with Gasteiger partial charge in [-0.25, -0.2) is 18.6 Å². The number of carbonyl (C=O) groups excluding carboxylic acids is 2. The van der Waals surface area contributed by atoms with Gasteiger partial charge in [-0.2, -0.15) is 0 Å². The molecule has 2 aliphatic carbocycles. The van der Waals surface area contributed by atoms with Crippen LogP contribution < -0.4 is 16.3 Å². The Bertz CT molecular complexity index is 1690. The number of fused-ring (bicyclic) bond motifs is 1. The van der Waals surface area contributed by atoms with Gasteiger partial charge in [-0.1, -0.05) is 23.7 Å². The summed E-state index contributed by atoms with van der Waals surface area (Å²) in [5.74, 6) is 0.0653. The fourth-order valence-corrected chi connectivity index (χ4v) is 5.77. The van der Waals surface area contributed by atoms with Crippen molar-refractivity contribution >= 4 is 40.3 Å². The second-order valence-corrected chi connectivity index (χ2v) is 11.4. The molecule has 2 N–H and O–H groups in total. The highest BCUT2D eigenvalue weighted by Crippen LogP contribution is 2.31. The van der Waals surface area contributed by atoms with Crippen LogP contribution in [0.4, 0.5) is 14.6 Å². The van der Waals surface area contributed by atoms with Gasteiger partial charge in [0.15, 0.2) is 0 Å². The molecule has 2 fully saturated rings. The molecule has 0 spiro atoms. The van der Waals surface area contributed by atoms with Gasteiger partial charge in [0.25, 0.3) is 12.3 Å². The maximum Gasteiger partial charge on any atom is 0.333 e. The number of pyridine rings is 2. The number of carbonyl (C=O) groups is 2. The van der Waals surface area contributed by atoms with Crippen LogP contribution in [0.5, 0.6) is 0 Å². The fourth-order valence-electron chi connectivity index (χ4n) is 5.62. The molecular weight excluding hydrogens is 566 g/mol. The fraction of sp³-hybridized carbons (Fsp3) is 0.367. The molecule has 2 saturated carbocycles. The Kier molecular flexibility index (Phi) is 7.76. The average molecular weight is 595 g/mol. The number of benzene rings is 1. The zero-order chi connectivity index (χ0) is 29.4. The second kappa shape index (κ2) is 11.6. The number of para-hydroxylation sites is 2. The van der Waals surface area contributed by atoms with Crippen molar-refractivity contribution in [2.75, 3.05) is 5.32 Å². The minimum Gasteiger partial charge on any atom is -0.349 e. The Morgan fingerprint density at radius 1 is 0.976 bits per heavy atom. The molecule has 0 aliphatic heterocycles. The summed E-state index contributed by atoms with van der Waals surface area (Å²) < 4.78 is 30.1. The van der Waals surface area contributed by atoms with E-state index < -0.39 is 18.0 Å². The third-order valence-corrected chi connectivity index (χ3v) is 8.21. The lowest BCUT2D eigenvalue weighted by Gasteiger charge is -2.29. The van der Waals surface area contributed by atoms with Gasteiger partial charge in [-0.3, -0.25) is 23.7 Å². The lowest BCUT2D eigenvalue weighted by Crippen LogP contribution is -2.39. The molecule has 0 radical (unpaired) electrons. The van der Waals surface area contributed by atoms with Crippen LogP contribution in [0.25, 0.3) is 16.7 Å². The van der Waals surface area contributed by atoms with Crippen LogP contribution in [0, 0.1) is 11.8 Å². The van der Waals surface area contributed by atoms with Crippen molar-refractivity contribution in [1.29, 1.82) is 0 Å². The molecule has 2 aliphatic rings. The molecule has 0 saturated heterocycles. The first-order valence-corrected chi connectivity index (χ1v) is 14.4. The van der Waals surface area contributed by atoms with Gasteiger partial charge in [0, 0.05) is 24.7 Å². The Morgan fingerprint density at radius 2 is 1.71 bits per heavy atom. The summed E-state index contributed by atoms with van der Waals surface area (Å²) >= 11 is 5.90. The largest absolute Gasteiger partial charge is 0.349 e. The van der Waals surface area contributed by atoms with Crippen molar-refractivity contribution in [3.8, 4) is 5.69 Å². The summed E-state index contributed by atoms with van der Waals surface area (Å²) in [5, 5.41) is 5.79. The molecule has 42 heavy (non-hydrogen) atoms. The van der Waals surface area contributed by atoms with Gasteiger partial charge in [-0.05, 0) is 74.8 Å². The van der Waals surface area contributed by atoms with Crippen LogP contribution >= 0.6 is 11.6 Å². The topological polar surface area (TPSA) is 111 Å². The number of nitrogens with one attached hydrogen (secondary N) is 2. The van der Waals surface area contributed by atoms with E-state index in [0.717, 1.165) is 42.9 Å². The van der Waals surface area contributed by atoms with E-state index in [1.165, 1.54) is 6.07 Å². The summed E-state index contributed by atoms with van der Waals surface area (Å²) in [6.07, 6.45) is 4.41. The molecule has 3 heterocycles. The first-order chi connectivity index (χ1) is 20.3. The van der Waals surface area contributed by atoms with Crippen LogP contribution in [0.3, 0.4) is 0 Å². The van der Waals surface area contributed by atoms with Crippen LogP contribution in [0.15, 0.2) is 59.7 Å². The summed E-state index contributed by atoms with van der Waals surface area (Å²) in [7, 11) is 0. The van der Waals surface area contributed by atoms with Gasteiger partial charge < -0.3 is 10.6 Å². The molecule has 0 bridgehead atoms. The predicted molar refractivity (Wildman–Crippen MR) is 154 cm³/mol. The number of imidazole rings is 1. The smallest absolute Gasteiger partial charge is 0.333 e. The lowest BCUT2D eigenvalue weighted by atomic mass is 9.85. The number of hydrogen-bond acceptors (Lipinski definition) is 5. The van der Waals surface area contributed by atoms with Crippen molar-refractivity contribution in [2.24, 2.45) is 11.8 Å². The van der Waals surface area contributed by atoms with E-state index in [4.69, 9.17) is 11.6 Å². The summed E-state index contributed by atoms with van der Waals surface area (Å²) in [6.45, 7) is 0.504. The van der Waals surface area contributed by atoms with Gasteiger partial charge in [0.05, 0.1) is 33.5 Å². The van der Waals surface area contributed by atoms with Crippen LogP contribution in [0.1, 0.15) is 61.0 Å². The summed E-state index contributed by atoms with van der Waals surface area (Å²) in [4.78, 5) is 46.5. The summed E-state index contributed by atoms with van der Waals surface area (Å²) in [5.41, 5.74) is 1.17. The standard InChI is InChI=1S/C30H29ClF2N6O3/c31-19-13-22(26(27(32)33)35-14-19)29(41)36-20-9-5-17(6-10-20)16-38-23-3-1-2-4-24(23)39(30(38)42)21-11-12-25(34-15-21)37-28(40)18-7-8-18/h1-4,11-15,17-18,20,27H,5-10,16H2,(H,36,41)(H,34,37,40). The predicted octanol–water partition coefficient (Wildman–Crippen LogP) is 5.51. The number of hydrogen-bond donors (Lipinski definition) is 2. The van der Waals surface area contributed by atoms with Crippen LogP contribution in [0.2, 0.25) is 5.02 Å². The second-order valence-electron chi connectivity index (χ2n) is 11.0. The number of alkyl halides is 2. The molecule has 4 aromatic rings. The highest BCUT2D eigenvalue weighted by molar-refractivity contribution is 6.30. The van der Waals surface area contributed by atoms with Crippen molar-refractivity contribution in [1.82, 2.24) is 24.4 Å². The highest BCUT2D eigenvalue weighted by Gasteiger charge is 2.30. The van der Waals surface area contributed by atoms with Crippen molar-refractivity contribution in [2.45, 2.75) is 57.5 Å². The molecule has 0 unspecified atom stereocenters. The molecule has 9 nitrogen and oxygen atoms in total. The molecule has 12 heteroatoms. The average Bonchev–Trinajstić information content (AvgIpc) is 3.80. The molecule has 3 aromatic heterocycles. The molecule has 1 aromatic carbocycles. The highest BCUT2D eigenvalue weighted by atomic mass is 35.5. The van der Waals surface area contributed by atoms with Crippen molar-refractivity contribution < 1.29 is 18.4 Å². The maximum absolute atomic E-state index is 13.7. The van der Waals surface area contributed by atoms with Crippen LogP contribution in [-0.4, -0.2) is 37.0 Å². The minimum absolute atomic E-state index is 0.0299. The van der Waals surface area contributed by atoms with E-state index in [-0.39, 0.29) is 40.1 Å². The maximum atomic E-state index is 13.7. The number of aromatic nitrogens is 4. The van der Waals surface area contributed by atoms with Gasteiger partial charge >= 0.3 is 5.69 Å². The van der Waals surface area contributed by atoms with E-state index in [9.17, 15) is 23.2 Å². The first-order valence-electron chi connectivity index (χ1n) is 14.0. The Morgan fingerprint density at radius 3 is 2.38 bits per heavy atom. The van der Waals surface area contributed by atoms with E-state index in [2.05, 4.69) is 20.6 Å². The number of rotatable bonds is 8. The monoisotopic (exact) mass is 594 g/mol. The number of anilines is 1. The van der Waals surface area contributed by atoms with Crippen molar-refractivity contribution in [3.63, 3.8) is 0 Å². The van der Waals surface area contributed by atoms with E-state index >= 15 is 0 Å². The molecule has 2 amide bonds. The third kappa shape index (κ3) is 5.78. The molecule has 0 atom stereocenters. The van der Waals surface area contributed by atoms with Gasteiger partial charge in [0.1, 0.15) is 11.5 Å². The van der Waals surface area contributed by atoms with Gasteiger partial charge in [0.2, 0.25) is 5.91 Å². The Labute approximate surface area is 244 Å². The lowest BCUT2D eigenvalue weighted by molar-refractivity contribution is -0.117. The number of nitrogens with zero attached hydrogens (tertiary/aromatic N) is 4. The molecular formula is C30H29ClF2N6O3.